The number of halogens is 3. The molecule has 1 saturated heterocycles. The first-order valence-corrected chi connectivity index (χ1v) is 12.4. The average molecular weight is 517 g/mol. The molecule has 0 spiro atoms. The van der Waals surface area contributed by atoms with E-state index in [1.807, 2.05) is 44.2 Å². The van der Waals surface area contributed by atoms with E-state index in [4.69, 9.17) is 9.47 Å². The van der Waals surface area contributed by atoms with Gasteiger partial charge in [-0.2, -0.15) is 13.2 Å². The van der Waals surface area contributed by atoms with E-state index in [1.54, 1.807) is 18.2 Å². The summed E-state index contributed by atoms with van der Waals surface area (Å²) in [7, 11) is 0. The van der Waals surface area contributed by atoms with E-state index in [1.165, 1.54) is 10.9 Å². The van der Waals surface area contributed by atoms with Gasteiger partial charge in [0.2, 0.25) is 0 Å². The van der Waals surface area contributed by atoms with Crippen LogP contribution in [0.25, 0.3) is 21.7 Å². The molecule has 0 aliphatic carbocycles. The highest BCUT2D eigenvalue weighted by atomic mass is 19.4. The van der Waals surface area contributed by atoms with Gasteiger partial charge < -0.3 is 14.6 Å². The zero-order valence-electron chi connectivity index (χ0n) is 20.9. The topological polar surface area (TPSA) is 73.6 Å². The molecule has 9 heteroatoms. The van der Waals surface area contributed by atoms with Gasteiger partial charge in [-0.1, -0.05) is 44.2 Å². The molecule has 1 N–H and O–H groups in total. The van der Waals surface area contributed by atoms with E-state index >= 15 is 0 Å². The van der Waals surface area contributed by atoms with Gasteiger partial charge in [0.15, 0.2) is 6.61 Å². The molecule has 1 aliphatic heterocycles. The number of hydrogen-bond donors (Lipinski definition) is 1. The number of aryl methyl sites for hydroxylation is 1. The monoisotopic (exact) mass is 516 g/mol. The van der Waals surface area contributed by atoms with Crippen molar-refractivity contribution in [2.45, 2.75) is 51.4 Å². The number of allylic oxidation sites excluding steroid dienone is 3. The van der Waals surface area contributed by atoms with Crippen molar-refractivity contribution in [2.24, 2.45) is 5.92 Å². The van der Waals surface area contributed by atoms with Gasteiger partial charge in [-0.15, -0.1) is 0 Å². The van der Waals surface area contributed by atoms with Crippen molar-refractivity contribution in [3.8, 4) is 0 Å². The van der Waals surface area contributed by atoms with Crippen LogP contribution < -0.4 is 5.56 Å². The summed E-state index contributed by atoms with van der Waals surface area (Å²) in [5.41, 5.74) is 1.31. The Kier molecular flexibility index (Phi) is 8.34. The zero-order valence-corrected chi connectivity index (χ0v) is 20.9. The third kappa shape index (κ3) is 6.59. The molecule has 1 aromatic heterocycles. The van der Waals surface area contributed by atoms with E-state index in [0.29, 0.717) is 36.8 Å². The Morgan fingerprint density at radius 2 is 2.03 bits per heavy atom. The highest BCUT2D eigenvalue weighted by Crippen LogP contribution is 2.28. The lowest BCUT2D eigenvalue weighted by Crippen LogP contribution is -2.39. The number of ether oxygens (including phenoxy) is 2. The molecular weight excluding hydrogens is 485 g/mol. The standard InChI is InChI=1S/C28H31F3N2O4/c1-18(2)13-20(37-16-28(29,30)31)8-4-3-7-19-14-23-26(22-10-6-5-9-21(19)22)32-17-33(27(23)35)24-11-12-36-15-25(24)34/h4-6,8-10,13-14,17-18,24-25,34H,3,7,11-12,15-16H2,1-2H3/b8-4-,20-13+/t24-,25-/m0/s1. The van der Waals surface area contributed by atoms with Crippen LogP contribution >= 0.6 is 0 Å². The van der Waals surface area contributed by atoms with Crippen LogP contribution in [0, 0.1) is 5.92 Å². The van der Waals surface area contributed by atoms with Crippen LogP contribution in [-0.4, -0.2) is 46.8 Å². The minimum absolute atomic E-state index is 0.0289. The number of rotatable bonds is 8. The van der Waals surface area contributed by atoms with Gasteiger partial charge in [-0.25, -0.2) is 4.98 Å². The van der Waals surface area contributed by atoms with Crippen LogP contribution in [0.3, 0.4) is 0 Å². The van der Waals surface area contributed by atoms with Crippen molar-refractivity contribution in [3.05, 3.63) is 76.6 Å². The Morgan fingerprint density at radius 1 is 1.27 bits per heavy atom. The maximum Gasteiger partial charge on any atom is 0.422 e. The Labute approximate surface area is 213 Å². The van der Waals surface area contributed by atoms with E-state index in [9.17, 15) is 23.1 Å². The van der Waals surface area contributed by atoms with Gasteiger partial charge in [-0.3, -0.25) is 9.36 Å². The minimum Gasteiger partial charge on any atom is -0.484 e. The molecule has 0 unspecified atom stereocenters. The molecule has 2 aromatic carbocycles. The quantitative estimate of drug-likeness (QED) is 0.244. The van der Waals surface area contributed by atoms with Crippen LogP contribution in [0.4, 0.5) is 13.2 Å². The maximum absolute atomic E-state index is 13.5. The number of aliphatic hydroxyl groups is 1. The first-order valence-electron chi connectivity index (χ1n) is 12.4. The largest absolute Gasteiger partial charge is 0.484 e. The highest BCUT2D eigenvalue weighted by Gasteiger charge is 2.29. The molecule has 0 bridgehead atoms. The minimum atomic E-state index is -4.41. The van der Waals surface area contributed by atoms with Gasteiger partial charge >= 0.3 is 6.18 Å². The first-order chi connectivity index (χ1) is 17.6. The van der Waals surface area contributed by atoms with E-state index < -0.39 is 24.9 Å². The second-order valence-corrected chi connectivity index (χ2v) is 9.59. The van der Waals surface area contributed by atoms with Crippen LogP contribution in [-0.2, 0) is 15.9 Å². The number of benzene rings is 2. The van der Waals surface area contributed by atoms with Crippen molar-refractivity contribution in [2.75, 3.05) is 19.8 Å². The Balaban J connectivity index is 1.63. The summed E-state index contributed by atoms with van der Waals surface area (Å²) in [5, 5.41) is 12.7. The summed E-state index contributed by atoms with van der Waals surface area (Å²) in [6.45, 7) is 3.02. The number of hydrogen-bond acceptors (Lipinski definition) is 5. The third-order valence-electron chi connectivity index (χ3n) is 6.29. The van der Waals surface area contributed by atoms with Crippen molar-refractivity contribution in [1.29, 1.82) is 0 Å². The molecule has 37 heavy (non-hydrogen) atoms. The summed E-state index contributed by atoms with van der Waals surface area (Å²) < 4.78 is 49.6. The van der Waals surface area contributed by atoms with Gasteiger partial charge in [0.1, 0.15) is 5.76 Å². The average Bonchev–Trinajstić information content (AvgIpc) is 2.85. The lowest BCUT2D eigenvalue weighted by molar-refractivity contribution is -0.163. The van der Waals surface area contributed by atoms with Gasteiger partial charge in [0.05, 0.1) is 36.0 Å². The number of fused-ring (bicyclic) bond motifs is 3. The predicted octanol–water partition coefficient (Wildman–Crippen LogP) is 5.48. The number of aromatic nitrogens is 2. The smallest absolute Gasteiger partial charge is 0.422 e. The number of nitrogens with zero attached hydrogens (tertiary/aromatic N) is 2. The third-order valence-corrected chi connectivity index (χ3v) is 6.29. The van der Waals surface area contributed by atoms with Crippen LogP contribution in [0.5, 0.6) is 0 Å². The Morgan fingerprint density at radius 3 is 2.73 bits per heavy atom. The van der Waals surface area contributed by atoms with E-state index in [2.05, 4.69) is 4.98 Å². The summed E-state index contributed by atoms with van der Waals surface area (Å²) in [5.74, 6) is 0.207. The normalized spacial score (nSPS) is 19.4. The van der Waals surface area contributed by atoms with Crippen molar-refractivity contribution in [1.82, 2.24) is 9.55 Å². The summed E-state index contributed by atoms with van der Waals surface area (Å²) in [4.78, 5) is 18.1. The number of aliphatic hydroxyl groups excluding tert-OH is 1. The molecule has 6 nitrogen and oxygen atoms in total. The SMILES string of the molecule is CC(C)/C=C(\C=C/CCc1cc2c(=O)n([C@H]3CCOC[C@@H]3O)cnc2c2ccccc12)OCC(F)(F)F. The molecule has 1 aliphatic rings. The first kappa shape index (κ1) is 26.9. The van der Waals surface area contributed by atoms with E-state index in [0.717, 1.165) is 16.3 Å². The molecule has 3 aromatic rings. The van der Waals surface area contributed by atoms with Gasteiger partial charge in [0.25, 0.3) is 5.56 Å². The molecule has 0 saturated carbocycles. The molecule has 0 radical (unpaired) electrons. The highest BCUT2D eigenvalue weighted by molar-refractivity contribution is 6.06. The van der Waals surface area contributed by atoms with Crippen LogP contribution in [0.15, 0.2) is 65.4 Å². The predicted molar refractivity (Wildman–Crippen MR) is 136 cm³/mol. The fourth-order valence-electron chi connectivity index (χ4n) is 4.61. The van der Waals surface area contributed by atoms with Crippen LogP contribution in [0.2, 0.25) is 0 Å². The van der Waals surface area contributed by atoms with Crippen molar-refractivity contribution < 1.29 is 27.8 Å². The van der Waals surface area contributed by atoms with Crippen LogP contribution in [0.1, 0.15) is 38.3 Å². The molecular formula is C28H31F3N2O4. The summed E-state index contributed by atoms with van der Waals surface area (Å²) in [6, 6.07) is 9.14. The second-order valence-electron chi connectivity index (χ2n) is 9.59. The molecule has 0 amide bonds. The fraction of sp³-hybridized carbons (Fsp3) is 0.429. The van der Waals surface area contributed by atoms with Gasteiger partial charge in [0, 0.05) is 12.0 Å². The lowest BCUT2D eigenvalue weighted by Gasteiger charge is -2.29. The molecule has 198 valence electrons. The molecule has 2 heterocycles. The van der Waals surface area contributed by atoms with E-state index in [-0.39, 0.29) is 23.8 Å². The van der Waals surface area contributed by atoms with Crippen molar-refractivity contribution >= 4 is 21.7 Å². The maximum atomic E-state index is 13.5. The van der Waals surface area contributed by atoms with Gasteiger partial charge in [-0.05, 0) is 54.3 Å². The Bertz CT molecular complexity index is 1360. The molecule has 4 rings (SSSR count). The zero-order chi connectivity index (χ0) is 26.6. The fourth-order valence-corrected chi connectivity index (χ4v) is 4.61. The summed E-state index contributed by atoms with van der Waals surface area (Å²) >= 11 is 0. The summed E-state index contributed by atoms with van der Waals surface area (Å²) in [6.07, 6.45) is 2.91. The lowest BCUT2D eigenvalue weighted by atomic mass is 9.97. The molecule has 1 fully saturated rings. The second kappa shape index (κ2) is 11.5. The number of alkyl halides is 3. The Hall–Kier alpha value is -3.17. The van der Waals surface area contributed by atoms with Crippen molar-refractivity contribution in [3.63, 3.8) is 0 Å². The molecule has 2 atom stereocenters.